The number of carboxylic acids is 1. The van der Waals surface area contributed by atoms with Crippen LogP contribution in [0.5, 0.6) is 0 Å². The van der Waals surface area contributed by atoms with E-state index < -0.39 is 16.0 Å². The summed E-state index contributed by atoms with van der Waals surface area (Å²) >= 11 is 3.15. The molecule has 0 aliphatic heterocycles. The van der Waals surface area contributed by atoms with Gasteiger partial charge < -0.3 is 5.11 Å². The first-order valence-electron chi connectivity index (χ1n) is 5.12. The van der Waals surface area contributed by atoms with E-state index >= 15 is 0 Å². The number of carbonyl (C=O) groups is 1. The number of nitrogens with zero attached hydrogens (tertiary/aromatic N) is 2. The molecule has 6 nitrogen and oxygen atoms in total. The van der Waals surface area contributed by atoms with Crippen LogP contribution in [0, 0.1) is 0 Å². The van der Waals surface area contributed by atoms with Crippen LogP contribution in [0.3, 0.4) is 0 Å². The van der Waals surface area contributed by atoms with Gasteiger partial charge in [0.15, 0.2) is 0 Å². The van der Waals surface area contributed by atoms with E-state index in [-0.39, 0.29) is 24.3 Å². The van der Waals surface area contributed by atoms with Crippen molar-refractivity contribution in [2.45, 2.75) is 17.7 Å². The molecule has 1 aromatic rings. The minimum atomic E-state index is -3.61. The van der Waals surface area contributed by atoms with Gasteiger partial charge in [-0.1, -0.05) is 0 Å². The summed E-state index contributed by atoms with van der Waals surface area (Å²) in [5.41, 5.74) is 0. The van der Waals surface area contributed by atoms with Crippen molar-refractivity contribution >= 4 is 31.9 Å². The number of hydrogen-bond donors (Lipinski definition) is 1. The fraction of sp³-hybridized carbons (Fsp3) is 0.400. The lowest BCUT2D eigenvalue weighted by Crippen LogP contribution is -2.28. The Labute approximate surface area is 114 Å². The van der Waals surface area contributed by atoms with Gasteiger partial charge in [0.05, 0.1) is 0 Å². The van der Waals surface area contributed by atoms with Crippen molar-refractivity contribution < 1.29 is 18.3 Å². The molecule has 0 unspecified atom stereocenters. The molecule has 0 atom stereocenters. The monoisotopic (exact) mass is 336 g/mol. The molecule has 0 spiro atoms. The second-order valence-corrected chi connectivity index (χ2v) is 6.62. The van der Waals surface area contributed by atoms with E-state index in [0.29, 0.717) is 4.47 Å². The van der Waals surface area contributed by atoms with E-state index in [1.54, 1.807) is 0 Å². The third-order valence-electron chi connectivity index (χ3n) is 2.25. The number of halogens is 1. The second kappa shape index (κ2) is 6.26. The number of aliphatic carboxylic acids is 1. The summed E-state index contributed by atoms with van der Waals surface area (Å²) in [6, 6.07) is 1.45. The first-order valence-corrected chi connectivity index (χ1v) is 7.36. The Kier molecular flexibility index (Phi) is 5.24. The fourth-order valence-electron chi connectivity index (χ4n) is 1.29. The highest BCUT2D eigenvalue weighted by atomic mass is 79.9. The molecule has 0 aliphatic rings. The van der Waals surface area contributed by atoms with Gasteiger partial charge in [-0.15, -0.1) is 0 Å². The molecule has 0 fully saturated rings. The first kappa shape index (κ1) is 15.1. The van der Waals surface area contributed by atoms with Crippen molar-refractivity contribution in [1.82, 2.24) is 9.29 Å². The van der Waals surface area contributed by atoms with Crippen LogP contribution in [0.25, 0.3) is 0 Å². The van der Waals surface area contributed by atoms with Crippen molar-refractivity contribution in [1.29, 1.82) is 0 Å². The maximum absolute atomic E-state index is 12.1. The number of pyridine rings is 1. The van der Waals surface area contributed by atoms with E-state index in [0.717, 1.165) is 4.31 Å². The van der Waals surface area contributed by atoms with Crippen LogP contribution >= 0.6 is 15.9 Å². The Morgan fingerprint density at radius 2 is 2.17 bits per heavy atom. The Morgan fingerprint density at radius 1 is 1.50 bits per heavy atom. The Morgan fingerprint density at radius 3 is 2.72 bits per heavy atom. The average Bonchev–Trinajstić information content (AvgIpc) is 2.28. The van der Waals surface area contributed by atoms with Gasteiger partial charge in [-0.25, -0.2) is 12.7 Å². The van der Waals surface area contributed by atoms with Crippen LogP contribution in [0.15, 0.2) is 27.8 Å². The van der Waals surface area contributed by atoms with Crippen molar-refractivity contribution in [3.63, 3.8) is 0 Å². The zero-order valence-corrected chi connectivity index (χ0v) is 12.1. The number of carboxylic acid groups (broad SMARTS) is 1. The molecule has 18 heavy (non-hydrogen) atoms. The SMILES string of the molecule is CN(CCCC(=O)O)S(=O)(=O)c1cncc(Br)c1. The molecule has 0 aromatic carbocycles. The topological polar surface area (TPSA) is 87.6 Å². The lowest BCUT2D eigenvalue weighted by atomic mass is 10.3. The Bertz CT molecular complexity index is 532. The second-order valence-electron chi connectivity index (χ2n) is 3.66. The number of hydrogen-bond acceptors (Lipinski definition) is 4. The van der Waals surface area contributed by atoms with Crippen LogP contribution in [-0.4, -0.2) is 42.4 Å². The van der Waals surface area contributed by atoms with Gasteiger partial charge in [-0.2, -0.15) is 0 Å². The summed E-state index contributed by atoms with van der Waals surface area (Å²) < 4.78 is 25.9. The molecule has 1 N–H and O–H groups in total. The molecule has 0 saturated heterocycles. The van der Waals surface area contributed by atoms with E-state index in [4.69, 9.17) is 5.11 Å². The maximum atomic E-state index is 12.1. The van der Waals surface area contributed by atoms with Gasteiger partial charge in [0, 0.05) is 36.9 Å². The summed E-state index contributed by atoms with van der Waals surface area (Å²) in [7, 11) is -2.20. The zero-order chi connectivity index (χ0) is 13.8. The summed E-state index contributed by atoms with van der Waals surface area (Å²) in [6.07, 6.45) is 2.96. The molecule has 1 rings (SSSR count). The van der Waals surface area contributed by atoms with Crippen molar-refractivity contribution in [3.8, 4) is 0 Å². The van der Waals surface area contributed by atoms with Gasteiger partial charge in [0.2, 0.25) is 10.0 Å². The molecule has 0 bridgehead atoms. The van der Waals surface area contributed by atoms with Crippen LogP contribution in [0.1, 0.15) is 12.8 Å². The van der Waals surface area contributed by atoms with Gasteiger partial charge in [0.25, 0.3) is 0 Å². The quantitative estimate of drug-likeness (QED) is 0.846. The first-order chi connectivity index (χ1) is 8.34. The number of sulfonamides is 1. The highest BCUT2D eigenvalue weighted by Crippen LogP contribution is 2.17. The predicted octanol–water partition coefficient (Wildman–Crippen LogP) is 1.33. The summed E-state index contributed by atoms with van der Waals surface area (Å²) in [5.74, 6) is -0.940. The van der Waals surface area contributed by atoms with E-state index in [9.17, 15) is 13.2 Å². The highest BCUT2D eigenvalue weighted by molar-refractivity contribution is 9.10. The van der Waals surface area contributed by atoms with Crippen LogP contribution in [0.2, 0.25) is 0 Å². The van der Waals surface area contributed by atoms with Crippen LogP contribution < -0.4 is 0 Å². The number of rotatable bonds is 6. The smallest absolute Gasteiger partial charge is 0.303 e. The maximum Gasteiger partial charge on any atom is 0.303 e. The minimum absolute atomic E-state index is 0.0589. The summed E-state index contributed by atoms with van der Waals surface area (Å²) in [5, 5.41) is 8.50. The molecule has 0 radical (unpaired) electrons. The standard InChI is InChI=1S/C10H13BrN2O4S/c1-13(4-2-3-10(14)15)18(16,17)9-5-8(11)6-12-7-9/h5-7H,2-4H2,1H3,(H,14,15). The molecule has 8 heteroatoms. The molecular weight excluding hydrogens is 324 g/mol. The van der Waals surface area contributed by atoms with Gasteiger partial charge >= 0.3 is 5.97 Å². The van der Waals surface area contributed by atoms with E-state index in [2.05, 4.69) is 20.9 Å². The van der Waals surface area contributed by atoms with Crippen LogP contribution in [-0.2, 0) is 14.8 Å². The molecule has 1 aromatic heterocycles. The van der Waals surface area contributed by atoms with Gasteiger partial charge in [0.1, 0.15) is 4.90 Å². The molecule has 0 saturated carbocycles. The van der Waals surface area contributed by atoms with E-state index in [1.807, 2.05) is 0 Å². The fourth-order valence-corrected chi connectivity index (χ4v) is 3.00. The Balaban J connectivity index is 2.77. The normalized spacial score (nSPS) is 11.7. The minimum Gasteiger partial charge on any atom is -0.481 e. The van der Waals surface area contributed by atoms with Gasteiger partial charge in [-0.05, 0) is 28.4 Å². The average molecular weight is 337 g/mol. The lowest BCUT2D eigenvalue weighted by molar-refractivity contribution is -0.137. The van der Waals surface area contributed by atoms with Crippen LogP contribution in [0.4, 0.5) is 0 Å². The third kappa shape index (κ3) is 4.04. The predicted molar refractivity (Wildman–Crippen MR) is 68.6 cm³/mol. The molecule has 0 aliphatic carbocycles. The summed E-state index contributed by atoms with van der Waals surface area (Å²) in [4.78, 5) is 14.2. The van der Waals surface area contributed by atoms with Crippen molar-refractivity contribution in [3.05, 3.63) is 22.9 Å². The van der Waals surface area contributed by atoms with Crippen molar-refractivity contribution in [2.24, 2.45) is 0 Å². The molecule has 0 amide bonds. The third-order valence-corrected chi connectivity index (χ3v) is 4.51. The molecule has 100 valence electrons. The molecule has 1 heterocycles. The highest BCUT2D eigenvalue weighted by Gasteiger charge is 2.21. The van der Waals surface area contributed by atoms with Gasteiger partial charge in [-0.3, -0.25) is 9.78 Å². The largest absolute Gasteiger partial charge is 0.481 e. The molecular formula is C10H13BrN2O4S. The number of aromatic nitrogens is 1. The lowest BCUT2D eigenvalue weighted by Gasteiger charge is -2.16. The Hall–Kier alpha value is -0.990. The summed E-state index contributed by atoms with van der Waals surface area (Å²) in [6.45, 7) is 0.154. The van der Waals surface area contributed by atoms with Crippen molar-refractivity contribution in [2.75, 3.05) is 13.6 Å². The zero-order valence-electron chi connectivity index (χ0n) is 9.71. The van der Waals surface area contributed by atoms with E-state index in [1.165, 1.54) is 25.5 Å².